The van der Waals surface area contributed by atoms with Crippen LogP contribution in [0.1, 0.15) is 51.5 Å². The van der Waals surface area contributed by atoms with Crippen molar-refractivity contribution in [1.82, 2.24) is 5.32 Å². The maximum absolute atomic E-state index is 11.9. The molecule has 0 aromatic heterocycles. The summed E-state index contributed by atoms with van der Waals surface area (Å²) >= 11 is 0. The fraction of sp³-hybridized carbons (Fsp3) is 0.611. The van der Waals surface area contributed by atoms with Crippen molar-refractivity contribution in [3.63, 3.8) is 0 Å². The Balaban J connectivity index is 1.69. The number of carbonyl (C=O) groups excluding carboxylic acids is 1. The summed E-state index contributed by atoms with van der Waals surface area (Å²) in [5.41, 5.74) is 1.27. The fourth-order valence-electron chi connectivity index (χ4n) is 2.88. The van der Waals surface area contributed by atoms with Gasteiger partial charge in [0.05, 0.1) is 6.10 Å². The topological polar surface area (TPSA) is 38.3 Å². The lowest BCUT2D eigenvalue weighted by molar-refractivity contribution is -0.124. The molecule has 1 aliphatic carbocycles. The lowest BCUT2D eigenvalue weighted by Gasteiger charge is -2.12. The lowest BCUT2D eigenvalue weighted by Crippen LogP contribution is -2.30. The molecule has 0 bridgehead atoms. The van der Waals surface area contributed by atoms with Crippen molar-refractivity contribution < 1.29 is 9.53 Å². The third-order valence-corrected chi connectivity index (χ3v) is 3.94. The molecule has 1 fully saturated rings. The van der Waals surface area contributed by atoms with Crippen LogP contribution in [0.25, 0.3) is 0 Å². The summed E-state index contributed by atoms with van der Waals surface area (Å²) in [4.78, 5) is 11.9. The van der Waals surface area contributed by atoms with E-state index in [1.807, 2.05) is 26.0 Å². The molecule has 1 N–H and O–H groups in total. The minimum absolute atomic E-state index is 0.200. The van der Waals surface area contributed by atoms with E-state index in [0.29, 0.717) is 0 Å². The lowest BCUT2D eigenvalue weighted by atomic mass is 10.1. The van der Waals surface area contributed by atoms with E-state index in [1.165, 1.54) is 18.4 Å². The summed E-state index contributed by atoms with van der Waals surface area (Å²) in [5, 5.41) is 3.07. The number of rotatable bonds is 7. The minimum Gasteiger partial charge on any atom is -0.491 e. The molecule has 0 heterocycles. The Bertz CT molecular complexity index is 450. The summed E-state index contributed by atoms with van der Waals surface area (Å²) in [5.74, 6) is 1.45. The molecule has 0 aliphatic heterocycles. The molecule has 0 saturated heterocycles. The van der Waals surface area contributed by atoms with Gasteiger partial charge in [0.15, 0.2) is 0 Å². The quantitative estimate of drug-likeness (QED) is 0.777. The van der Waals surface area contributed by atoms with Gasteiger partial charge in [-0.2, -0.15) is 0 Å². The van der Waals surface area contributed by atoms with Crippen molar-refractivity contribution in [3.05, 3.63) is 29.8 Å². The molecule has 116 valence electrons. The highest BCUT2D eigenvalue weighted by Crippen LogP contribution is 2.24. The number of benzene rings is 1. The Morgan fingerprint density at radius 2 is 2.10 bits per heavy atom. The van der Waals surface area contributed by atoms with E-state index in [9.17, 15) is 4.79 Å². The Labute approximate surface area is 128 Å². The normalized spacial score (nSPS) is 15.4. The molecule has 1 aliphatic rings. The monoisotopic (exact) mass is 289 g/mol. The van der Waals surface area contributed by atoms with Crippen LogP contribution in [-0.4, -0.2) is 18.6 Å². The van der Waals surface area contributed by atoms with Crippen LogP contribution in [0.2, 0.25) is 0 Å². The molecular formula is C18H27NO2. The van der Waals surface area contributed by atoms with E-state index in [0.717, 1.165) is 38.0 Å². The van der Waals surface area contributed by atoms with Gasteiger partial charge in [-0.05, 0) is 57.2 Å². The zero-order chi connectivity index (χ0) is 15.1. The zero-order valence-electron chi connectivity index (χ0n) is 13.2. The van der Waals surface area contributed by atoms with Crippen LogP contribution in [0.15, 0.2) is 24.3 Å². The number of hydrogen-bond acceptors (Lipinski definition) is 2. The van der Waals surface area contributed by atoms with Crippen molar-refractivity contribution in [2.75, 3.05) is 6.54 Å². The summed E-state index contributed by atoms with van der Waals surface area (Å²) in [6.45, 7) is 4.83. The first-order chi connectivity index (χ1) is 10.1. The molecule has 21 heavy (non-hydrogen) atoms. The summed E-state index contributed by atoms with van der Waals surface area (Å²) in [6, 6.07) is 8.24. The molecule has 1 aromatic carbocycles. The van der Waals surface area contributed by atoms with Gasteiger partial charge in [0.1, 0.15) is 5.75 Å². The predicted octanol–water partition coefficient (Wildman–Crippen LogP) is 3.71. The fourth-order valence-corrected chi connectivity index (χ4v) is 2.88. The van der Waals surface area contributed by atoms with E-state index < -0.39 is 0 Å². The SMILES string of the molecule is CC(C)Oc1cccc(CCCNC(=O)C2CCCC2)c1. The van der Waals surface area contributed by atoms with Crippen LogP contribution < -0.4 is 10.1 Å². The van der Waals surface area contributed by atoms with Crippen LogP contribution in [-0.2, 0) is 11.2 Å². The van der Waals surface area contributed by atoms with E-state index in [2.05, 4.69) is 17.4 Å². The van der Waals surface area contributed by atoms with Gasteiger partial charge >= 0.3 is 0 Å². The average molecular weight is 289 g/mol. The maximum atomic E-state index is 11.9. The summed E-state index contributed by atoms with van der Waals surface area (Å²) < 4.78 is 5.70. The van der Waals surface area contributed by atoms with Crippen molar-refractivity contribution >= 4 is 5.91 Å². The maximum Gasteiger partial charge on any atom is 0.223 e. The van der Waals surface area contributed by atoms with Gasteiger partial charge in [-0.25, -0.2) is 0 Å². The van der Waals surface area contributed by atoms with Crippen molar-refractivity contribution in [2.24, 2.45) is 5.92 Å². The van der Waals surface area contributed by atoms with E-state index in [-0.39, 0.29) is 17.9 Å². The molecule has 1 aromatic rings. The number of ether oxygens (including phenoxy) is 1. The van der Waals surface area contributed by atoms with Gasteiger partial charge in [0.25, 0.3) is 0 Å². The number of aryl methyl sites for hydroxylation is 1. The Morgan fingerprint density at radius 1 is 1.33 bits per heavy atom. The molecule has 2 rings (SSSR count). The molecule has 0 unspecified atom stereocenters. The highest BCUT2D eigenvalue weighted by Gasteiger charge is 2.21. The van der Waals surface area contributed by atoms with Crippen molar-refractivity contribution in [2.45, 2.75) is 58.5 Å². The molecule has 1 saturated carbocycles. The van der Waals surface area contributed by atoms with E-state index in [1.54, 1.807) is 0 Å². The highest BCUT2D eigenvalue weighted by molar-refractivity contribution is 5.78. The van der Waals surface area contributed by atoms with E-state index >= 15 is 0 Å². The largest absolute Gasteiger partial charge is 0.491 e. The van der Waals surface area contributed by atoms with Crippen molar-refractivity contribution in [1.29, 1.82) is 0 Å². The van der Waals surface area contributed by atoms with Gasteiger partial charge in [-0.15, -0.1) is 0 Å². The predicted molar refractivity (Wildman–Crippen MR) is 85.5 cm³/mol. The number of carbonyl (C=O) groups is 1. The second-order valence-electron chi connectivity index (χ2n) is 6.19. The van der Waals surface area contributed by atoms with Crippen LogP contribution >= 0.6 is 0 Å². The Morgan fingerprint density at radius 3 is 2.81 bits per heavy atom. The van der Waals surface area contributed by atoms with Crippen LogP contribution in [0.3, 0.4) is 0 Å². The number of amides is 1. The standard InChI is InChI=1S/C18H27NO2/c1-14(2)21-17-11-5-7-15(13-17)8-6-12-19-18(20)16-9-3-4-10-16/h5,7,11,13-14,16H,3-4,6,8-10,12H2,1-2H3,(H,19,20). The first-order valence-corrected chi connectivity index (χ1v) is 8.18. The zero-order valence-corrected chi connectivity index (χ0v) is 13.2. The van der Waals surface area contributed by atoms with Gasteiger partial charge in [0.2, 0.25) is 5.91 Å². The molecular weight excluding hydrogens is 262 g/mol. The van der Waals surface area contributed by atoms with Crippen LogP contribution in [0.5, 0.6) is 5.75 Å². The van der Waals surface area contributed by atoms with E-state index in [4.69, 9.17) is 4.74 Å². The average Bonchev–Trinajstić information content (AvgIpc) is 2.97. The molecule has 3 nitrogen and oxygen atoms in total. The van der Waals surface area contributed by atoms with Gasteiger partial charge < -0.3 is 10.1 Å². The van der Waals surface area contributed by atoms with Gasteiger partial charge in [-0.1, -0.05) is 25.0 Å². The second kappa shape index (κ2) is 8.06. The Kier molecular flexibility index (Phi) is 6.09. The van der Waals surface area contributed by atoms with Crippen molar-refractivity contribution in [3.8, 4) is 5.75 Å². The Hall–Kier alpha value is -1.51. The highest BCUT2D eigenvalue weighted by atomic mass is 16.5. The number of nitrogens with one attached hydrogen (secondary N) is 1. The van der Waals surface area contributed by atoms with Gasteiger partial charge in [0, 0.05) is 12.5 Å². The third kappa shape index (κ3) is 5.41. The molecule has 0 spiro atoms. The molecule has 0 atom stereocenters. The molecule has 3 heteroatoms. The van der Waals surface area contributed by atoms with Gasteiger partial charge in [-0.3, -0.25) is 4.79 Å². The first-order valence-electron chi connectivity index (χ1n) is 8.18. The number of hydrogen-bond donors (Lipinski definition) is 1. The van der Waals surface area contributed by atoms with Crippen LogP contribution in [0.4, 0.5) is 0 Å². The third-order valence-electron chi connectivity index (χ3n) is 3.94. The smallest absolute Gasteiger partial charge is 0.223 e. The first kappa shape index (κ1) is 15.9. The second-order valence-corrected chi connectivity index (χ2v) is 6.19. The minimum atomic E-state index is 0.200. The molecule has 1 amide bonds. The summed E-state index contributed by atoms with van der Waals surface area (Å²) in [6.07, 6.45) is 6.71. The summed E-state index contributed by atoms with van der Waals surface area (Å²) in [7, 11) is 0. The van der Waals surface area contributed by atoms with Crippen LogP contribution in [0, 0.1) is 5.92 Å². The molecule has 0 radical (unpaired) electrons.